The Balaban J connectivity index is 0.000000500. The molecule has 1 rings (SSSR count). The average molecular weight is 207 g/mol. The summed E-state index contributed by atoms with van der Waals surface area (Å²) in [6.07, 6.45) is -3.84. The lowest BCUT2D eigenvalue weighted by Crippen LogP contribution is -2.07. The zero-order valence-corrected chi connectivity index (χ0v) is 6.73. The molecule has 0 spiro atoms. The van der Waals surface area contributed by atoms with E-state index in [1.165, 1.54) is 6.07 Å². The highest BCUT2D eigenvalue weighted by Crippen LogP contribution is 2.30. The number of hydrogen-bond acceptors (Lipinski definition) is 2. The topological polar surface area (TPSA) is 40.9 Å². The minimum Gasteiger partial charge on any atom is -0.222 e. The van der Waals surface area contributed by atoms with E-state index in [1.54, 1.807) is 0 Å². The van der Waals surface area contributed by atoms with Crippen LogP contribution in [-0.2, 0) is 11.0 Å². The van der Waals surface area contributed by atoms with Crippen LogP contribution in [0.25, 0.3) is 0 Å². The van der Waals surface area contributed by atoms with Crippen LogP contribution in [0.4, 0.5) is 17.6 Å². The lowest BCUT2D eigenvalue weighted by Gasteiger charge is -2.05. The highest BCUT2D eigenvalue weighted by atomic mass is 19.4. The van der Waals surface area contributed by atoms with E-state index in [0.717, 1.165) is 18.2 Å². The molecule has 0 aromatic heterocycles. The van der Waals surface area contributed by atoms with E-state index in [2.05, 4.69) is 0 Å². The molecule has 0 aliphatic carbocycles. The van der Waals surface area contributed by atoms with E-state index in [0.29, 0.717) is 6.07 Å². The van der Waals surface area contributed by atoms with Crippen molar-refractivity contribution in [2.24, 2.45) is 0 Å². The molecular formula is C8H5F4NO. The quantitative estimate of drug-likeness (QED) is 0.396. The number of benzene rings is 1. The molecular weight excluding hydrogens is 202 g/mol. The van der Waals surface area contributed by atoms with Crippen LogP contribution in [0.15, 0.2) is 24.3 Å². The molecule has 1 aromatic rings. The molecule has 1 aromatic carbocycles. The van der Waals surface area contributed by atoms with Crippen LogP contribution >= 0.6 is 0 Å². The maximum Gasteiger partial charge on any atom is 0.419 e. The highest BCUT2D eigenvalue weighted by molar-refractivity contribution is 5.26. The Morgan fingerprint density at radius 3 is 1.93 bits per heavy atom. The maximum absolute atomic E-state index is 12.4. The molecule has 1 N–H and O–H groups in total. The van der Waals surface area contributed by atoms with Gasteiger partial charge in [-0.25, -0.2) is 14.6 Å². The average Bonchev–Trinajstić information content (AvgIpc) is 2.04. The summed E-state index contributed by atoms with van der Waals surface area (Å²) in [6.45, 7) is 0. The first kappa shape index (κ1) is 12.3. The summed E-state index contributed by atoms with van der Waals surface area (Å²) in [5.41, 5.74) is -1.22. The largest absolute Gasteiger partial charge is 0.419 e. The molecule has 0 atom stereocenters. The lowest BCUT2D eigenvalue weighted by molar-refractivity contribution is -0.140. The molecule has 2 nitrogen and oxygen atoms in total. The van der Waals surface area contributed by atoms with E-state index in [4.69, 9.17) is 10.2 Å². The predicted octanol–water partition coefficient (Wildman–Crippen LogP) is 2.75. The third kappa shape index (κ3) is 3.82. The monoisotopic (exact) mass is 207 g/mol. The summed E-state index contributed by atoms with van der Waals surface area (Å²) in [7, 11) is 0. The fourth-order valence-corrected chi connectivity index (χ4v) is 0.691. The molecule has 0 saturated carbocycles. The van der Waals surface area contributed by atoms with Gasteiger partial charge in [-0.05, 0) is 12.1 Å². The summed E-state index contributed by atoms with van der Waals surface area (Å²) in [6, 6.07) is 3.84. The molecule has 14 heavy (non-hydrogen) atoms. The number of alkyl halides is 3. The number of isocyanates is 1. The molecule has 6 heteroatoms. The van der Waals surface area contributed by atoms with Gasteiger partial charge in [0, 0.05) is 0 Å². The van der Waals surface area contributed by atoms with E-state index in [9.17, 15) is 17.6 Å². The van der Waals surface area contributed by atoms with Crippen molar-refractivity contribution in [2.75, 3.05) is 0 Å². The van der Waals surface area contributed by atoms with Gasteiger partial charge in [0.2, 0.25) is 6.08 Å². The number of rotatable bonds is 0. The normalized spacial score (nSPS) is 9.71. The fourth-order valence-electron chi connectivity index (χ4n) is 0.691. The van der Waals surface area contributed by atoms with Crippen LogP contribution < -0.4 is 0 Å². The van der Waals surface area contributed by atoms with Gasteiger partial charge in [0.05, 0.1) is 5.56 Å². The van der Waals surface area contributed by atoms with Gasteiger partial charge >= 0.3 is 6.18 Å². The summed E-state index contributed by atoms with van der Waals surface area (Å²) >= 11 is 0. The first-order valence-electron chi connectivity index (χ1n) is 3.29. The Kier molecular flexibility index (Phi) is 4.52. The standard InChI is InChI=1S/C7H4F4.CHNO/c8-6-4-2-1-3-5(6)7(9,10)11;2-1-3/h1-4H;2H. The second-order valence-corrected chi connectivity index (χ2v) is 2.08. The van der Waals surface area contributed by atoms with Crippen molar-refractivity contribution in [3.05, 3.63) is 35.6 Å². The summed E-state index contributed by atoms with van der Waals surface area (Å²) in [5, 5.41) is 5.40. The van der Waals surface area contributed by atoms with Crippen molar-refractivity contribution in [3.8, 4) is 0 Å². The first-order chi connectivity index (χ1) is 6.43. The van der Waals surface area contributed by atoms with Crippen LogP contribution in [0, 0.1) is 11.2 Å². The zero-order chi connectivity index (χ0) is 11.2. The van der Waals surface area contributed by atoms with Gasteiger partial charge in [-0.1, -0.05) is 12.1 Å². The van der Waals surface area contributed by atoms with Gasteiger partial charge in [-0.2, -0.15) is 13.2 Å². The summed E-state index contributed by atoms with van der Waals surface area (Å²) in [4.78, 5) is 8.35. The maximum atomic E-state index is 12.4. The highest BCUT2D eigenvalue weighted by Gasteiger charge is 2.33. The Bertz CT molecular complexity index is 328. The van der Waals surface area contributed by atoms with E-state index >= 15 is 0 Å². The third-order valence-corrected chi connectivity index (χ3v) is 1.18. The smallest absolute Gasteiger partial charge is 0.222 e. The van der Waals surface area contributed by atoms with Crippen molar-refractivity contribution in [3.63, 3.8) is 0 Å². The Morgan fingerprint density at radius 2 is 1.64 bits per heavy atom. The first-order valence-corrected chi connectivity index (χ1v) is 3.29. The minimum atomic E-state index is -4.59. The van der Waals surface area contributed by atoms with Crippen LogP contribution in [-0.4, -0.2) is 6.08 Å². The SMILES string of the molecule is Fc1ccccc1C(F)(F)F.N=C=O. The van der Waals surface area contributed by atoms with Crippen molar-refractivity contribution >= 4 is 6.08 Å². The number of nitrogens with one attached hydrogen (secondary N) is 1. The van der Waals surface area contributed by atoms with Crippen LogP contribution in [0.3, 0.4) is 0 Å². The van der Waals surface area contributed by atoms with Crippen molar-refractivity contribution in [2.45, 2.75) is 6.18 Å². The molecule has 0 amide bonds. The Labute approximate surface area is 76.7 Å². The molecule has 0 saturated heterocycles. The van der Waals surface area contributed by atoms with Gasteiger partial charge in [-0.3, -0.25) is 0 Å². The third-order valence-electron chi connectivity index (χ3n) is 1.18. The van der Waals surface area contributed by atoms with Gasteiger partial charge in [0.15, 0.2) is 0 Å². The van der Waals surface area contributed by atoms with Crippen LogP contribution in [0.2, 0.25) is 0 Å². The predicted molar refractivity (Wildman–Crippen MR) is 39.8 cm³/mol. The van der Waals surface area contributed by atoms with Crippen LogP contribution in [0.5, 0.6) is 0 Å². The van der Waals surface area contributed by atoms with Gasteiger partial charge < -0.3 is 0 Å². The molecule has 0 heterocycles. The molecule has 0 bridgehead atoms. The van der Waals surface area contributed by atoms with Crippen molar-refractivity contribution in [1.82, 2.24) is 0 Å². The molecule has 0 aliphatic heterocycles. The van der Waals surface area contributed by atoms with Gasteiger partial charge in [0.25, 0.3) is 0 Å². The zero-order valence-electron chi connectivity index (χ0n) is 6.73. The molecule has 76 valence electrons. The van der Waals surface area contributed by atoms with Gasteiger partial charge in [-0.15, -0.1) is 0 Å². The van der Waals surface area contributed by atoms with E-state index in [-0.39, 0.29) is 0 Å². The van der Waals surface area contributed by atoms with E-state index in [1.807, 2.05) is 0 Å². The molecule has 0 aliphatic rings. The second kappa shape index (κ2) is 5.14. The van der Waals surface area contributed by atoms with Crippen molar-refractivity contribution < 1.29 is 22.4 Å². The van der Waals surface area contributed by atoms with Crippen LogP contribution in [0.1, 0.15) is 5.56 Å². The number of halogens is 4. The molecule has 0 fully saturated rings. The molecule has 0 radical (unpaired) electrons. The summed E-state index contributed by atoms with van der Waals surface area (Å²) < 4.78 is 47.8. The Morgan fingerprint density at radius 1 is 1.21 bits per heavy atom. The minimum absolute atomic E-state index is 0.704. The van der Waals surface area contributed by atoms with Crippen molar-refractivity contribution in [1.29, 1.82) is 5.41 Å². The lowest BCUT2D eigenvalue weighted by atomic mass is 10.2. The fraction of sp³-hybridized carbons (Fsp3) is 0.125. The molecule has 0 unspecified atom stereocenters. The number of hydrogen-bond donors (Lipinski definition) is 1. The summed E-state index contributed by atoms with van der Waals surface area (Å²) in [5.74, 6) is -1.24. The van der Waals surface area contributed by atoms with Gasteiger partial charge in [0.1, 0.15) is 5.82 Å². The second-order valence-electron chi connectivity index (χ2n) is 2.08. The Hall–Kier alpha value is -1.68. The number of carbonyl (C=O) groups excluding carboxylic acids is 1. The van der Waals surface area contributed by atoms with E-state index < -0.39 is 17.6 Å².